The molecule has 4 rings (SSSR count). The van der Waals surface area contributed by atoms with Crippen LogP contribution in [0.3, 0.4) is 0 Å². The first-order valence-electron chi connectivity index (χ1n) is 10.3. The zero-order valence-electron chi connectivity index (χ0n) is 18.3. The van der Waals surface area contributed by atoms with Crippen molar-refractivity contribution in [3.8, 4) is 11.4 Å². The van der Waals surface area contributed by atoms with Crippen molar-refractivity contribution in [2.75, 3.05) is 12.4 Å². The molecule has 0 saturated carbocycles. The second-order valence-electron chi connectivity index (χ2n) is 7.58. The van der Waals surface area contributed by atoms with Gasteiger partial charge in [-0.15, -0.1) is 0 Å². The molecule has 31 heavy (non-hydrogen) atoms. The summed E-state index contributed by atoms with van der Waals surface area (Å²) in [4.78, 5) is 17.5. The molecule has 0 bridgehead atoms. The standard InChI is InChI=1S/C25H26N4O2/c1-16-20(14-15-23(30)27-21-12-8-9-13-22(21)31-4)17(2)26-25-24(16)18(3)28-29(25)19-10-6-5-7-11-19/h5-13H,14-15H2,1-4H3,(H,27,30). The van der Waals surface area contributed by atoms with Crippen molar-refractivity contribution in [1.82, 2.24) is 14.8 Å². The molecular formula is C25H26N4O2. The summed E-state index contributed by atoms with van der Waals surface area (Å²) in [6, 6.07) is 17.4. The molecule has 0 fully saturated rings. The second kappa shape index (κ2) is 8.60. The summed E-state index contributed by atoms with van der Waals surface area (Å²) in [7, 11) is 1.59. The number of nitrogens with one attached hydrogen (secondary N) is 1. The summed E-state index contributed by atoms with van der Waals surface area (Å²) in [6.45, 7) is 6.09. The SMILES string of the molecule is COc1ccccc1NC(=O)CCc1c(C)nc2c(c(C)nn2-c2ccccc2)c1C. The molecule has 2 aromatic heterocycles. The Labute approximate surface area is 181 Å². The van der Waals surface area contributed by atoms with Gasteiger partial charge < -0.3 is 10.1 Å². The quantitative estimate of drug-likeness (QED) is 0.486. The molecule has 0 unspecified atom stereocenters. The Morgan fingerprint density at radius 3 is 2.45 bits per heavy atom. The highest BCUT2D eigenvalue weighted by molar-refractivity contribution is 5.92. The van der Waals surface area contributed by atoms with E-state index >= 15 is 0 Å². The van der Waals surface area contributed by atoms with Gasteiger partial charge in [0, 0.05) is 17.5 Å². The molecule has 6 heteroatoms. The van der Waals surface area contributed by atoms with Crippen molar-refractivity contribution in [2.45, 2.75) is 33.6 Å². The number of methoxy groups -OCH3 is 1. The van der Waals surface area contributed by atoms with Crippen molar-refractivity contribution in [1.29, 1.82) is 0 Å². The zero-order valence-corrected chi connectivity index (χ0v) is 18.3. The number of amides is 1. The number of anilines is 1. The van der Waals surface area contributed by atoms with Crippen LogP contribution < -0.4 is 10.1 Å². The molecule has 0 radical (unpaired) electrons. The Balaban J connectivity index is 1.60. The number of aryl methyl sites for hydroxylation is 3. The number of fused-ring (bicyclic) bond motifs is 1. The van der Waals surface area contributed by atoms with Gasteiger partial charge in [-0.25, -0.2) is 9.67 Å². The van der Waals surface area contributed by atoms with E-state index in [1.165, 1.54) is 0 Å². The molecule has 0 atom stereocenters. The van der Waals surface area contributed by atoms with Gasteiger partial charge >= 0.3 is 0 Å². The van der Waals surface area contributed by atoms with Crippen molar-refractivity contribution in [2.24, 2.45) is 0 Å². The number of carbonyl (C=O) groups is 1. The molecule has 0 aliphatic heterocycles. The lowest BCUT2D eigenvalue weighted by atomic mass is 9.99. The van der Waals surface area contributed by atoms with Crippen LogP contribution in [-0.4, -0.2) is 27.8 Å². The number of para-hydroxylation sites is 3. The summed E-state index contributed by atoms with van der Waals surface area (Å²) in [5, 5.41) is 8.73. The minimum atomic E-state index is -0.0555. The van der Waals surface area contributed by atoms with Crippen molar-refractivity contribution < 1.29 is 9.53 Å². The van der Waals surface area contributed by atoms with E-state index in [9.17, 15) is 4.79 Å². The molecule has 0 saturated heterocycles. The summed E-state index contributed by atoms with van der Waals surface area (Å²) in [6.07, 6.45) is 0.969. The third kappa shape index (κ3) is 4.01. The minimum absolute atomic E-state index is 0.0555. The van der Waals surface area contributed by atoms with Gasteiger partial charge in [-0.1, -0.05) is 30.3 Å². The van der Waals surface area contributed by atoms with E-state index < -0.39 is 0 Å². The largest absolute Gasteiger partial charge is 0.495 e. The molecule has 0 aliphatic carbocycles. The van der Waals surface area contributed by atoms with E-state index in [0.29, 0.717) is 24.3 Å². The summed E-state index contributed by atoms with van der Waals surface area (Å²) < 4.78 is 7.21. The van der Waals surface area contributed by atoms with Gasteiger partial charge in [-0.3, -0.25) is 4.79 Å². The van der Waals surface area contributed by atoms with E-state index in [0.717, 1.165) is 39.2 Å². The summed E-state index contributed by atoms with van der Waals surface area (Å²) in [5.74, 6) is 0.593. The van der Waals surface area contributed by atoms with Gasteiger partial charge in [0.05, 0.1) is 24.2 Å². The van der Waals surface area contributed by atoms with Crippen LogP contribution in [0.1, 0.15) is 28.9 Å². The highest BCUT2D eigenvalue weighted by atomic mass is 16.5. The van der Waals surface area contributed by atoms with E-state index in [4.69, 9.17) is 14.8 Å². The first kappa shape index (κ1) is 20.6. The maximum atomic E-state index is 12.6. The minimum Gasteiger partial charge on any atom is -0.495 e. The second-order valence-corrected chi connectivity index (χ2v) is 7.58. The fraction of sp³-hybridized carbons (Fsp3) is 0.240. The number of hydrogen-bond acceptors (Lipinski definition) is 4. The van der Waals surface area contributed by atoms with Crippen LogP contribution in [0.4, 0.5) is 5.69 Å². The number of pyridine rings is 1. The van der Waals surface area contributed by atoms with Gasteiger partial charge in [0.2, 0.25) is 5.91 Å². The number of rotatable bonds is 6. The zero-order chi connectivity index (χ0) is 22.0. The number of benzene rings is 2. The monoisotopic (exact) mass is 414 g/mol. The van der Waals surface area contributed by atoms with E-state index in [-0.39, 0.29) is 5.91 Å². The van der Waals surface area contributed by atoms with Crippen LogP contribution in [0.25, 0.3) is 16.7 Å². The van der Waals surface area contributed by atoms with Crippen LogP contribution in [-0.2, 0) is 11.2 Å². The van der Waals surface area contributed by atoms with Crippen LogP contribution >= 0.6 is 0 Å². The Morgan fingerprint density at radius 2 is 1.71 bits per heavy atom. The van der Waals surface area contributed by atoms with Crippen LogP contribution in [0.5, 0.6) is 5.75 Å². The lowest BCUT2D eigenvalue weighted by Crippen LogP contribution is -2.14. The van der Waals surface area contributed by atoms with Gasteiger partial charge in [0.1, 0.15) is 5.75 Å². The van der Waals surface area contributed by atoms with Crippen LogP contribution in [0.15, 0.2) is 54.6 Å². The number of aromatic nitrogens is 3. The third-order valence-corrected chi connectivity index (χ3v) is 5.56. The van der Waals surface area contributed by atoms with Gasteiger partial charge in [0.15, 0.2) is 5.65 Å². The molecule has 1 N–H and O–H groups in total. The van der Waals surface area contributed by atoms with Gasteiger partial charge in [-0.05, 0) is 62.6 Å². The van der Waals surface area contributed by atoms with E-state index in [1.807, 2.05) is 73.1 Å². The third-order valence-electron chi connectivity index (χ3n) is 5.56. The first-order chi connectivity index (χ1) is 15.0. The van der Waals surface area contributed by atoms with Crippen LogP contribution in [0.2, 0.25) is 0 Å². The number of hydrogen-bond donors (Lipinski definition) is 1. The first-order valence-corrected chi connectivity index (χ1v) is 10.3. The Hall–Kier alpha value is -3.67. The van der Waals surface area contributed by atoms with E-state index in [1.54, 1.807) is 7.11 Å². The molecule has 1 amide bonds. The highest BCUT2D eigenvalue weighted by Crippen LogP contribution is 2.28. The average molecular weight is 415 g/mol. The molecule has 6 nitrogen and oxygen atoms in total. The van der Waals surface area contributed by atoms with Gasteiger partial charge in [-0.2, -0.15) is 5.10 Å². The lowest BCUT2D eigenvalue weighted by molar-refractivity contribution is -0.116. The summed E-state index contributed by atoms with van der Waals surface area (Å²) >= 11 is 0. The molecular weight excluding hydrogens is 388 g/mol. The molecule has 4 aromatic rings. The predicted octanol–water partition coefficient (Wildman–Crippen LogP) is 4.93. The fourth-order valence-corrected chi connectivity index (χ4v) is 4.02. The van der Waals surface area contributed by atoms with Crippen molar-refractivity contribution in [3.05, 3.63) is 77.1 Å². The summed E-state index contributed by atoms with van der Waals surface area (Å²) in [5.41, 5.74) is 6.59. The Morgan fingerprint density at radius 1 is 1.00 bits per heavy atom. The average Bonchev–Trinajstić information content (AvgIpc) is 3.10. The van der Waals surface area contributed by atoms with Crippen LogP contribution in [0, 0.1) is 20.8 Å². The molecule has 2 aromatic carbocycles. The molecule has 158 valence electrons. The highest BCUT2D eigenvalue weighted by Gasteiger charge is 2.18. The number of ether oxygens (including phenoxy) is 1. The Bertz CT molecular complexity index is 1250. The lowest BCUT2D eigenvalue weighted by Gasteiger charge is -2.13. The molecule has 2 heterocycles. The smallest absolute Gasteiger partial charge is 0.224 e. The fourth-order valence-electron chi connectivity index (χ4n) is 4.02. The normalized spacial score (nSPS) is 11.0. The number of nitrogens with zero attached hydrogens (tertiary/aromatic N) is 3. The topological polar surface area (TPSA) is 69.0 Å². The van der Waals surface area contributed by atoms with E-state index in [2.05, 4.69) is 12.2 Å². The van der Waals surface area contributed by atoms with Crippen molar-refractivity contribution in [3.63, 3.8) is 0 Å². The Kier molecular flexibility index (Phi) is 5.71. The molecule has 0 spiro atoms. The molecule has 0 aliphatic rings. The maximum absolute atomic E-state index is 12.6. The van der Waals surface area contributed by atoms with Crippen molar-refractivity contribution >= 4 is 22.6 Å². The number of carbonyl (C=O) groups excluding carboxylic acids is 1. The predicted molar refractivity (Wildman–Crippen MR) is 123 cm³/mol. The van der Waals surface area contributed by atoms with Gasteiger partial charge in [0.25, 0.3) is 0 Å². The maximum Gasteiger partial charge on any atom is 0.224 e.